The summed E-state index contributed by atoms with van der Waals surface area (Å²) in [5.74, 6) is -0.587. The van der Waals surface area contributed by atoms with Crippen LogP contribution < -0.4 is 0 Å². The van der Waals surface area contributed by atoms with Crippen LogP contribution in [0, 0.1) is 17.8 Å². The van der Waals surface area contributed by atoms with Crippen LogP contribution in [0.15, 0.2) is 0 Å². The maximum absolute atomic E-state index is 14.3. The number of carbonyl (C=O) groups excluding carboxylic acids is 3. The molecule has 0 aromatic heterocycles. The fourth-order valence-corrected chi connectivity index (χ4v) is 16.9. The Hall–Kier alpha value is 0.259. The van der Waals surface area contributed by atoms with Gasteiger partial charge in [-0.3, -0.25) is 0 Å². The van der Waals surface area contributed by atoms with E-state index in [-0.39, 0.29) is 40.1 Å². The molecule has 0 bridgehead atoms. The van der Waals surface area contributed by atoms with Crippen LogP contribution in [0.4, 0.5) is 0 Å². The van der Waals surface area contributed by atoms with Crippen molar-refractivity contribution in [2.24, 2.45) is 17.8 Å². The molecule has 3 unspecified atom stereocenters. The van der Waals surface area contributed by atoms with Crippen molar-refractivity contribution < 1.29 is 23.6 Å². The van der Waals surface area contributed by atoms with Crippen LogP contribution in [0.3, 0.4) is 0 Å². The van der Waals surface area contributed by atoms with Gasteiger partial charge in [0.05, 0.1) is 0 Å². The number of hydrogen-bond donors (Lipinski definition) is 3. The van der Waals surface area contributed by atoms with Crippen molar-refractivity contribution in [3.05, 3.63) is 0 Å². The van der Waals surface area contributed by atoms with E-state index in [2.05, 4.69) is 58.7 Å². The van der Waals surface area contributed by atoms with E-state index < -0.39 is 19.6 Å². The Balaban J connectivity index is 5.51. The van der Waals surface area contributed by atoms with Gasteiger partial charge < -0.3 is 0 Å². The van der Waals surface area contributed by atoms with Gasteiger partial charge in [-0.25, -0.2) is 0 Å². The van der Waals surface area contributed by atoms with Gasteiger partial charge in [-0.2, -0.15) is 0 Å². The Labute approximate surface area is 471 Å². The van der Waals surface area contributed by atoms with Gasteiger partial charge in [0.1, 0.15) is 0 Å². The summed E-state index contributed by atoms with van der Waals surface area (Å²) in [7, 11) is 0. The minimum absolute atomic E-state index is 0.225. The van der Waals surface area contributed by atoms with Gasteiger partial charge in [0.2, 0.25) is 0 Å². The van der Waals surface area contributed by atoms with Crippen LogP contribution in [0.25, 0.3) is 0 Å². The fraction of sp³-hybridized carbons (Fsp3) is 0.952. The second-order valence-corrected chi connectivity index (χ2v) is 31.1. The molecule has 0 rings (SSSR count). The predicted octanol–water partition coefficient (Wildman–Crippen LogP) is 21.0. The molecule has 72 heavy (non-hydrogen) atoms. The molecule has 428 valence electrons. The van der Waals surface area contributed by atoms with E-state index in [1.165, 1.54) is 231 Å². The van der Waals surface area contributed by atoms with Crippen LogP contribution in [-0.4, -0.2) is 54.8 Å². The summed E-state index contributed by atoms with van der Waals surface area (Å²) < 4.78 is 19.5. The number of carbonyl (C=O) groups is 3. The van der Waals surface area contributed by atoms with E-state index in [9.17, 15) is 14.4 Å². The summed E-state index contributed by atoms with van der Waals surface area (Å²) in [4.78, 5) is 42.8. The standard InChI is InChI=1S/3C20H40O2S.C2H5.Sn/c3*1-2-3-4-5-6-7-8-9-10-11-12-13-14-15-16-19(17-18-23)20(21)22;1-2;/h3*19,23H,2-18H2,1H3,(H,21,22);1H2,2H3;/q;;;;+3/p-3. The predicted molar refractivity (Wildman–Crippen MR) is 325 cm³/mol. The zero-order valence-corrected chi connectivity index (χ0v) is 53.8. The van der Waals surface area contributed by atoms with Crippen LogP contribution in [-0.2, 0) is 23.6 Å². The van der Waals surface area contributed by atoms with Gasteiger partial charge in [-0.05, 0) is 0 Å². The maximum atomic E-state index is 14.3. The Kier molecular flexibility index (Phi) is 56.2. The SMILES string of the molecule is CCCCCCCCCCCCCCCCC(CCS)C(=O)[O][Sn]([CH2]C)([O]C(=O)C(CCS)CCCCCCCCCCCCCCCC)[O]C(=O)C(CCS)CCCCCCCCCCCCCCCC. The Bertz CT molecular complexity index is 1040. The number of rotatable bonds is 58. The molecule has 0 aliphatic carbocycles. The number of thiol groups is 3. The van der Waals surface area contributed by atoms with Crippen LogP contribution in [0.1, 0.15) is 336 Å². The van der Waals surface area contributed by atoms with Gasteiger partial charge in [0.25, 0.3) is 0 Å². The van der Waals surface area contributed by atoms with Crippen LogP contribution >= 0.6 is 37.9 Å². The number of hydrogen-bond acceptors (Lipinski definition) is 9. The normalized spacial score (nSPS) is 13.7. The van der Waals surface area contributed by atoms with Gasteiger partial charge in [-0.15, -0.1) is 0 Å². The Morgan fingerprint density at radius 2 is 0.444 bits per heavy atom. The average molecular weight is 1180 g/mol. The van der Waals surface area contributed by atoms with Crippen molar-refractivity contribution in [1.29, 1.82) is 0 Å². The zero-order valence-electron chi connectivity index (χ0n) is 48.3. The van der Waals surface area contributed by atoms with Crippen molar-refractivity contribution in [1.82, 2.24) is 0 Å². The van der Waals surface area contributed by atoms with Crippen molar-refractivity contribution in [2.45, 2.75) is 340 Å². The molecule has 0 aromatic rings. The molecule has 0 saturated carbocycles. The van der Waals surface area contributed by atoms with E-state index in [1.54, 1.807) is 0 Å². The van der Waals surface area contributed by atoms with Crippen molar-refractivity contribution >= 4 is 75.4 Å². The Morgan fingerprint density at radius 1 is 0.278 bits per heavy atom. The minimum Gasteiger partial charge on any atom is -0.0654 e. The van der Waals surface area contributed by atoms with Gasteiger partial charge in [0, 0.05) is 0 Å². The van der Waals surface area contributed by atoms with E-state index in [4.69, 9.17) is 9.22 Å². The van der Waals surface area contributed by atoms with E-state index in [0.29, 0.717) is 55.8 Å². The van der Waals surface area contributed by atoms with Crippen LogP contribution in [0.2, 0.25) is 4.44 Å². The molecule has 0 aliphatic rings. The molecule has 0 N–H and O–H groups in total. The van der Waals surface area contributed by atoms with Gasteiger partial charge in [-0.1, -0.05) is 136 Å². The van der Waals surface area contributed by atoms with Crippen LogP contribution in [0.5, 0.6) is 0 Å². The third-order valence-electron chi connectivity index (χ3n) is 15.4. The quantitative estimate of drug-likeness (QED) is 0.0320. The van der Waals surface area contributed by atoms with E-state index in [0.717, 1.165) is 38.5 Å². The topological polar surface area (TPSA) is 78.9 Å². The number of unbranched alkanes of at least 4 members (excludes halogenated alkanes) is 39. The molecule has 0 spiro atoms. The van der Waals surface area contributed by atoms with Gasteiger partial charge in [0.15, 0.2) is 0 Å². The summed E-state index contributed by atoms with van der Waals surface area (Å²) in [5.41, 5.74) is 0. The first kappa shape index (κ1) is 72.3. The van der Waals surface area contributed by atoms with E-state index in [1.807, 2.05) is 6.92 Å². The summed E-state index contributed by atoms with van der Waals surface area (Å²) >= 11 is 8.50. The third kappa shape index (κ3) is 44.3. The van der Waals surface area contributed by atoms with E-state index >= 15 is 0 Å². The molecule has 10 heteroatoms. The molecule has 0 amide bonds. The average Bonchev–Trinajstić information content (AvgIpc) is 3.37. The molecular weight excluding hydrogens is 1060 g/mol. The molecular formula is C62H122O6S3Sn. The molecule has 6 nitrogen and oxygen atoms in total. The molecule has 0 saturated heterocycles. The Morgan fingerprint density at radius 3 is 0.597 bits per heavy atom. The summed E-state index contributed by atoms with van der Waals surface area (Å²) in [6.45, 7) is 8.70. The third-order valence-corrected chi connectivity index (χ3v) is 23.0. The zero-order chi connectivity index (χ0) is 52.9. The first-order valence-corrected chi connectivity index (χ1v) is 39.2. The molecule has 3 atom stereocenters. The first-order valence-electron chi connectivity index (χ1n) is 31.8. The summed E-state index contributed by atoms with van der Waals surface area (Å²) in [6, 6.07) is 0. The second-order valence-electron chi connectivity index (χ2n) is 22.1. The van der Waals surface area contributed by atoms with Crippen molar-refractivity contribution in [2.75, 3.05) is 17.3 Å². The first-order chi connectivity index (χ1) is 35.3. The molecule has 0 aromatic carbocycles. The van der Waals surface area contributed by atoms with Crippen molar-refractivity contribution in [3.8, 4) is 0 Å². The minimum atomic E-state index is -5.15. The molecule has 0 radical (unpaired) electrons. The summed E-state index contributed by atoms with van der Waals surface area (Å²) in [6.07, 6.45) is 57.7. The summed E-state index contributed by atoms with van der Waals surface area (Å²) in [5, 5.41) is 0. The monoisotopic (exact) mass is 1180 g/mol. The second kappa shape index (κ2) is 56.0. The molecule has 0 heterocycles. The molecule has 0 fully saturated rings. The smallest absolute Gasteiger partial charge is 0.0654 e. The van der Waals surface area contributed by atoms with Crippen molar-refractivity contribution in [3.63, 3.8) is 0 Å². The fourth-order valence-electron chi connectivity index (χ4n) is 10.4. The molecule has 0 aliphatic heterocycles. The van der Waals surface area contributed by atoms with Gasteiger partial charge >= 0.3 is 338 Å².